The molecule has 0 aliphatic heterocycles. The summed E-state index contributed by atoms with van der Waals surface area (Å²) in [7, 11) is 0. The lowest BCUT2D eigenvalue weighted by atomic mass is 9.94. The standard InChI is InChI=1S/C15H21FO2/c1-9(2)12-7-6-8-13(10(3)4)14(12)18-15(17)11(5)16/h6-11H,1-5H3/t11-/m1/s1. The molecule has 1 atom stereocenters. The number of hydrogen-bond donors (Lipinski definition) is 0. The van der Waals surface area contributed by atoms with Crippen LogP contribution in [0.25, 0.3) is 0 Å². The molecule has 3 heteroatoms. The van der Waals surface area contributed by atoms with Crippen LogP contribution in [0.15, 0.2) is 18.2 Å². The van der Waals surface area contributed by atoms with Crippen molar-refractivity contribution in [2.45, 2.75) is 52.6 Å². The third kappa shape index (κ3) is 3.31. The zero-order valence-corrected chi connectivity index (χ0v) is 11.7. The van der Waals surface area contributed by atoms with Crippen molar-refractivity contribution in [1.82, 2.24) is 0 Å². The van der Waals surface area contributed by atoms with Crippen molar-refractivity contribution in [3.8, 4) is 5.75 Å². The van der Waals surface area contributed by atoms with Gasteiger partial charge in [0, 0.05) is 0 Å². The smallest absolute Gasteiger partial charge is 0.345 e. The normalized spacial score (nSPS) is 12.9. The lowest BCUT2D eigenvalue weighted by Crippen LogP contribution is -2.20. The van der Waals surface area contributed by atoms with Crippen LogP contribution < -0.4 is 4.74 Å². The van der Waals surface area contributed by atoms with Crippen LogP contribution in [0.2, 0.25) is 0 Å². The monoisotopic (exact) mass is 252 g/mol. The van der Waals surface area contributed by atoms with E-state index in [9.17, 15) is 9.18 Å². The number of rotatable bonds is 4. The van der Waals surface area contributed by atoms with Crippen molar-refractivity contribution in [2.24, 2.45) is 0 Å². The molecule has 1 aromatic carbocycles. The van der Waals surface area contributed by atoms with Gasteiger partial charge in [-0.15, -0.1) is 0 Å². The maximum atomic E-state index is 13.0. The summed E-state index contributed by atoms with van der Waals surface area (Å²) in [6.07, 6.45) is -1.61. The number of carbonyl (C=O) groups excluding carboxylic acids is 1. The van der Waals surface area contributed by atoms with E-state index in [1.165, 1.54) is 6.92 Å². The van der Waals surface area contributed by atoms with E-state index in [2.05, 4.69) is 0 Å². The Balaban J connectivity index is 3.23. The van der Waals surface area contributed by atoms with Gasteiger partial charge in [-0.05, 0) is 29.9 Å². The van der Waals surface area contributed by atoms with Gasteiger partial charge >= 0.3 is 5.97 Å². The fourth-order valence-corrected chi connectivity index (χ4v) is 1.78. The Labute approximate surface area is 108 Å². The van der Waals surface area contributed by atoms with Crippen LogP contribution in [0.3, 0.4) is 0 Å². The first-order valence-electron chi connectivity index (χ1n) is 6.33. The van der Waals surface area contributed by atoms with Gasteiger partial charge in [0.2, 0.25) is 0 Å². The van der Waals surface area contributed by atoms with Gasteiger partial charge in [-0.25, -0.2) is 9.18 Å². The molecule has 0 aliphatic rings. The lowest BCUT2D eigenvalue weighted by Gasteiger charge is -2.19. The molecule has 18 heavy (non-hydrogen) atoms. The Bertz CT molecular complexity index is 396. The summed E-state index contributed by atoms with van der Waals surface area (Å²) in [4.78, 5) is 11.5. The fourth-order valence-electron chi connectivity index (χ4n) is 1.78. The number of hydrogen-bond acceptors (Lipinski definition) is 2. The second-order valence-corrected chi connectivity index (χ2v) is 5.11. The molecular weight excluding hydrogens is 231 g/mol. The Hall–Kier alpha value is -1.38. The van der Waals surface area contributed by atoms with Gasteiger partial charge in [0.1, 0.15) is 5.75 Å². The number of benzene rings is 1. The minimum atomic E-state index is -1.61. The van der Waals surface area contributed by atoms with Gasteiger partial charge in [0.25, 0.3) is 0 Å². The van der Waals surface area contributed by atoms with Crippen molar-refractivity contribution in [2.75, 3.05) is 0 Å². The van der Waals surface area contributed by atoms with Gasteiger partial charge in [0.05, 0.1) is 0 Å². The van der Waals surface area contributed by atoms with Crippen molar-refractivity contribution < 1.29 is 13.9 Å². The molecule has 0 bridgehead atoms. The SMILES string of the molecule is CC(C)c1cccc(C(C)C)c1OC(=O)[C@@H](C)F. The molecule has 0 aromatic heterocycles. The predicted molar refractivity (Wildman–Crippen MR) is 70.8 cm³/mol. The minimum absolute atomic E-state index is 0.224. The number of ether oxygens (including phenoxy) is 1. The zero-order chi connectivity index (χ0) is 13.9. The van der Waals surface area contributed by atoms with Crippen LogP contribution in [0, 0.1) is 0 Å². The third-order valence-electron chi connectivity index (χ3n) is 2.85. The van der Waals surface area contributed by atoms with Crippen LogP contribution in [-0.2, 0) is 4.79 Å². The van der Waals surface area contributed by atoms with E-state index in [4.69, 9.17) is 4.74 Å². The molecule has 0 N–H and O–H groups in total. The summed E-state index contributed by atoms with van der Waals surface area (Å²) in [5.74, 6) is 0.143. The molecule has 1 aromatic rings. The van der Waals surface area contributed by atoms with Gasteiger partial charge in [-0.2, -0.15) is 0 Å². The lowest BCUT2D eigenvalue weighted by molar-refractivity contribution is -0.139. The van der Waals surface area contributed by atoms with Gasteiger partial charge in [0.15, 0.2) is 6.17 Å². The van der Waals surface area contributed by atoms with E-state index in [-0.39, 0.29) is 11.8 Å². The molecule has 0 unspecified atom stereocenters. The molecule has 0 saturated heterocycles. The zero-order valence-electron chi connectivity index (χ0n) is 11.7. The highest BCUT2D eigenvalue weighted by atomic mass is 19.1. The Morgan fingerprint density at radius 3 is 1.83 bits per heavy atom. The molecule has 1 rings (SSSR count). The summed E-state index contributed by atoms with van der Waals surface area (Å²) >= 11 is 0. The molecule has 0 fully saturated rings. The molecule has 2 nitrogen and oxygen atoms in total. The number of carbonyl (C=O) groups is 1. The van der Waals surface area contributed by atoms with Crippen LogP contribution in [-0.4, -0.2) is 12.1 Å². The highest BCUT2D eigenvalue weighted by molar-refractivity contribution is 5.77. The third-order valence-corrected chi connectivity index (χ3v) is 2.85. The summed E-state index contributed by atoms with van der Waals surface area (Å²) in [5, 5.41) is 0. The molecular formula is C15H21FO2. The summed E-state index contributed by atoms with van der Waals surface area (Å²) in [6.45, 7) is 9.28. The number of para-hydroxylation sites is 1. The van der Waals surface area contributed by atoms with E-state index in [1.807, 2.05) is 45.9 Å². The van der Waals surface area contributed by atoms with Gasteiger partial charge < -0.3 is 4.74 Å². The molecule has 0 radical (unpaired) electrons. The first-order chi connectivity index (χ1) is 8.34. The summed E-state index contributed by atoms with van der Waals surface area (Å²) in [6, 6.07) is 5.78. The van der Waals surface area contributed by atoms with Crippen molar-refractivity contribution >= 4 is 5.97 Å². The van der Waals surface area contributed by atoms with Crippen molar-refractivity contribution in [3.63, 3.8) is 0 Å². The minimum Gasteiger partial charge on any atom is -0.424 e. The van der Waals surface area contributed by atoms with Crippen molar-refractivity contribution in [3.05, 3.63) is 29.3 Å². The Morgan fingerprint density at radius 1 is 1.06 bits per heavy atom. The summed E-state index contributed by atoms with van der Waals surface area (Å²) < 4.78 is 18.2. The Morgan fingerprint density at radius 2 is 1.50 bits per heavy atom. The number of alkyl halides is 1. The average Bonchev–Trinajstić information content (AvgIpc) is 2.28. The predicted octanol–water partition coefficient (Wildman–Crippen LogP) is 4.20. The van der Waals surface area contributed by atoms with E-state index in [1.54, 1.807) is 0 Å². The van der Waals surface area contributed by atoms with Gasteiger partial charge in [-0.1, -0.05) is 45.9 Å². The Kier molecular flexibility index (Phi) is 4.88. The topological polar surface area (TPSA) is 26.3 Å². The second-order valence-electron chi connectivity index (χ2n) is 5.11. The number of esters is 1. The van der Waals surface area contributed by atoms with Crippen molar-refractivity contribution in [1.29, 1.82) is 0 Å². The largest absolute Gasteiger partial charge is 0.424 e. The maximum absolute atomic E-state index is 13.0. The first kappa shape index (κ1) is 14.7. The quantitative estimate of drug-likeness (QED) is 0.593. The van der Waals surface area contributed by atoms with Crippen LogP contribution >= 0.6 is 0 Å². The highest BCUT2D eigenvalue weighted by Gasteiger charge is 2.20. The van der Waals surface area contributed by atoms with Gasteiger partial charge in [-0.3, -0.25) is 0 Å². The van der Waals surface area contributed by atoms with Crippen LogP contribution in [0.4, 0.5) is 4.39 Å². The molecule has 0 saturated carbocycles. The molecule has 0 amide bonds. The summed E-state index contributed by atoms with van der Waals surface area (Å²) in [5.41, 5.74) is 1.88. The first-order valence-corrected chi connectivity index (χ1v) is 6.33. The van der Waals surface area contributed by atoms with E-state index < -0.39 is 12.1 Å². The van der Waals surface area contributed by atoms with E-state index in [0.717, 1.165) is 11.1 Å². The maximum Gasteiger partial charge on any atom is 0.345 e. The van der Waals surface area contributed by atoms with E-state index in [0.29, 0.717) is 5.75 Å². The van der Waals surface area contributed by atoms with Crippen LogP contribution in [0.1, 0.15) is 57.6 Å². The molecule has 100 valence electrons. The average molecular weight is 252 g/mol. The fraction of sp³-hybridized carbons (Fsp3) is 0.533. The van der Waals surface area contributed by atoms with Crippen LogP contribution in [0.5, 0.6) is 5.75 Å². The number of halogens is 1. The second kappa shape index (κ2) is 5.98. The van der Waals surface area contributed by atoms with E-state index >= 15 is 0 Å². The highest BCUT2D eigenvalue weighted by Crippen LogP contribution is 2.34. The molecule has 0 aliphatic carbocycles. The molecule has 0 heterocycles. The molecule has 0 spiro atoms.